The molecule has 2 aromatic carbocycles. The number of methoxy groups -OCH3 is 1. The first-order valence-corrected chi connectivity index (χ1v) is 7.63. The van der Waals surface area contributed by atoms with Gasteiger partial charge in [-0.1, -0.05) is 18.2 Å². The summed E-state index contributed by atoms with van der Waals surface area (Å²) in [7, 11) is 1.35. The number of hydrogen-bond acceptors (Lipinski definition) is 7. The smallest absolute Gasteiger partial charge is 0.337 e. The molecule has 0 amide bonds. The van der Waals surface area contributed by atoms with Gasteiger partial charge in [-0.3, -0.25) is 0 Å². The van der Waals surface area contributed by atoms with Crippen LogP contribution < -0.4 is 10.6 Å². The van der Waals surface area contributed by atoms with E-state index in [1.165, 1.54) is 13.3 Å². The predicted molar refractivity (Wildman–Crippen MR) is 95.4 cm³/mol. The normalized spacial score (nSPS) is 10.2. The van der Waals surface area contributed by atoms with Crippen LogP contribution in [0.3, 0.4) is 0 Å². The van der Waals surface area contributed by atoms with Crippen molar-refractivity contribution in [2.45, 2.75) is 6.92 Å². The average Bonchev–Trinajstić information content (AvgIpc) is 2.64. The molecule has 0 bridgehead atoms. The SMILES string of the molecule is COC(=O)c1ccc(Nc2cnnc(Nc3ccccc3C)n2)cc1. The number of nitrogens with one attached hydrogen (secondary N) is 2. The van der Waals surface area contributed by atoms with Crippen molar-refractivity contribution in [1.82, 2.24) is 15.2 Å². The summed E-state index contributed by atoms with van der Waals surface area (Å²) < 4.78 is 4.68. The number of carbonyl (C=O) groups excluding carboxylic acids is 1. The molecule has 7 nitrogen and oxygen atoms in total. The average molecular weight is 335 g/mol. The topological polar surface area (TPSA) is 89.0 Å². The second-order valence-corrected chi connectivity index (χ2v) is 5.30. The van der Waals surface area contributed by atoms with Crippen molar-refractivity contribution in [3.05, 3.63) is 65.9 Å². The minimum Gasteiger partial charge on any atom is -0.465 e. The van der Waals surface area contributed by atoms with E-state index in [1.807, 2.05) is 31.2 Å². The van der Waals surface area contributed by atoms with E-state index in [-0.39, 0.29) is 5.97 Å². The molecule has 25 heavy (non-hydrogen) atoms. The molecule has 0 unspecified atom stereocenters. The first-order valence-electron chi connectivity index (χ1n) is 7.63. The number of benzene rings is 2. The molecule has 0 fully saturated rings. The minimum atomic E-state index is -0.375. The Morgan fingerprint density at radius 2 is 1.80 bits per heavy atom. The van der Waals surface area contributed by atoms with E-state index in [9.17, 15) is 4.79 Å². The second-order valence-electron chi connectivity index (χ2n) is 5.30. The monoisotopic (exact) mass is 335 g/mol. The van der Waals surface area contributed by atoms with Crippen molar-refractivity contribution in [2.75, 3.05) is 17.7 Å². The van der Waals surface area contributed by atoms with Gasteiger partial charge in [0.1, 0.15) is 0 Å². The van der Waals surface area contributed by atoms with Gasteiger partial charge in [0.2, 0.25) is 5.95 Å². The molecule has 2 N–H and O–H groups in total. The van der Waals surface area contributed by atoms with Crippen LogP contribution >= 0.6 is 0 Å². The number of hydrogen-bond donors (Lipinski definition) is 2. The van der Waals surface area contributed by atoms with Crippen LogP contribution in [0.25, 0.3) is 0 Å². The number of rotatable bonds is 5. The summed E-state index contributed by atoms with van der Waals surface area (Å²) in [4.78, 5) is 15.8. The number of esters is 1. The fourth-order valence-corrected chi connectivity index (χ4v) is 2.21. The van der Waals surface area contributed by atoms with Gasteiger partial charge in [-0.15, -0.1) is 5.10 Å². The third-order valence-electron chi connectivity index (χ3n) is 3.53. The highest BCUT2D eigenvalue weighted by atomic mass is 16.5. The van der Waals surface area contributed by atoms with Crippen LogP contribution in [0.15, 0.2) is 54.7 Å². The molecule has 3 aromatic rings. The Morgan fingerprint density at radius 3 is 2.52 bits per heavy atom. The molecule has 0 saturated heterocycles. The molecule has 0 radical (unpaired) electrons. The Morgan fingerprint density at radius 1 is 1.04 bits per heavy atom. The molecular formula is C18H17N5O2. The summed E-state index contributed by atoms with van der Waals surface area (Å²) in [5.41, 5.74) is 3.26. The Balaban J connectivity index is 1.73. The lowest BCUT2D eigenvalue weighted by molar-refractivity contribution is 0.0601. The maximum Gasteiger partial charge on any atom is 0.337 e. The van der Waals surface area contributed by atoms with Crippen molar-refractivity contribution >= 4 is 29.1 Å². The molecule has 1 aromatic heterocycles. The van der Waals surface area contributed by atoms with E-state index >= 15 is 0 Å². The molecule has 0 saturated carbocycles. The zero-order chi connectivity index (χ0) is 17.6. The third kappa shape index (κ3) is 4.08. The second kappa shape index (κ2) is 7.39. The quantitative estimate of drug-likeness (QED) is 0.690. The summed E-state index contributed by atoms with van der Waals surface area (Å²) >= 11 is 0. The molecule has 1 heterocycles. The van der Waals surface area contributed by atoms with Gasteiger partial charge in [0.05, 0.1) is 18.9 Å². The summed E-state index contributed by atoms with van der Waals surface area (Å²) in [6.45, 7) is 2.00. The van der Waals surface area contributed by atoms with Crippen molar-refractivity contribution < 1.29 is 9.53 Å². The molecule has 7 heteroatoms. The lowest BCUT2D eigenvalue weighted by Crippen LogP contribution is -2.04. The van der Waals surface area contributed by atoms with Crippen LogP contribution in [0.2, 0.25) is 0 Å². The molecule has 126 valence electrons. The standard InChI is InChI=1S/C18H17N5O2/c1-12-5-3-4-6-15(12)21-18-22-16(11-19-23-18)20-14-9-7-13(8-10-14)17(24)25-2/h3-11H,1-2H3,(H2,20,21,22,23). The largest absolute Gasteiger partial charge is 0.465 e. The molecule has 0 aliphatic carbocycles. The van der Waals surface area contributed by atoms with Crippen molar-refractivity contribution in [1.29, 1.82) is 0 Å². The number of carbonyl (C=O) groups is 1. The van der Waals surface area contributed by atoms with Gasteiger partial charge in [-0.25, -0.2) is 4.79 Å². The van der Waals surface area contributed by atoms with Crippen LogP contribution in [0.4, 0.5) is 23.1 Å². The van der Waals surface area contributed by atoms with Crippen molar-refractivity contribution in [3.63, 3.8) is 0 Å². The molecule has 3 rings (SSSR count). The van der Waals surface area contributed by atoms with Gasteiger partial charge in [0.25, 0.3) is 0 Å². The molecular weight excluding hydrogens is 318 g/mol. The highest BCUT2D eigenvalue weighted by Gasteiger charge is 2.06. The number of nitrogens with zero attached hydrogens (tertiary/aromatic N) is 3. The van der Waals surface area contributed by atoms with Crippen molar-refractivity contribution in [2.24, 2.45) is 0 Å². The van der Waals surface area contributed by atoms with Gasteiger partial charge in [-0.2, -0.15) is 10.1 Å². The Bertz CT molecular complexity index is 881. The number of ether oxygens (including phenoxy) is 1. The first kappa shape index (κ1) is 16.4. The van der Waals surface area contributed by atoms with E-state index in [0.29, 0.717) is 17.3 Å². The summed E-state index contributed by atoms with van der Waals surface area (Å²) in [6, 6.07) is 14.7. The summed E-state index contributed by atoms with van der Waals surface area (Å²) in [6.07, 6.45) is 1.53. The minimum absolute atomic E-state index is 0.375. The van der Waals surface area contributed by atoms with E-state index in [4.69, 9.17) is 0 Å². The lowest BCUT2D eigenvalue weighted by Gasteiger charge is -2.09. The van der Waals surface area contributed by atoms with E-state index < -0.39 is 0 Å². The van der Waals surface area contributed by atoms with E-state index in [0.717, 1.165) is 16.9 Å². The zero-order valence-electron chi connectivity index (χ0n) is 13.9. The first-order chi connectivity index (χ1) is 12.2. The van der Waals surface area contributed by atoms with Gasteiger partial charge in [0, 0.05) is 11.4 Å². The molecule has 0 aliphatic rings. The maximum atomic E-state index is 11.4. The van der Waals surface area contributed by atoms with Gasteiger partial charge in [0.15, 0.2) is 5.82 Å². The summed E-state index contributed by atoms with van der Waals surface area (Å²) in [5, 5.41) is 14.2. The number of para-hydroxylation sites is 1. The molecule has 0 aliphatic heterocycles. The van der Waals surface area contributed by atoms with E-state index in [2.05, 4.69) is 30.6 Å². The Labute approximate surface area is 145 Å². The Hall–Kier alpha value is -3.48. The van der Waals surface area contributed by atoms with Gasteiger partial charge >= 0.3 is 5.97 Å². The van der Waals surface area contributed by atoms with Gasteiger partial charge in [-0.05, 0) is 42.8 Å². The number of aryl methyl sites for hydroxylation is 1. The number of anilines is 4. The fraction of sp³-hybridized carbons (Fsp3) is 0.111. The van der Waals surface area contributed by atoms with E-state index in [1.54, 1.807) is 24.3 Å². The van der Waals surface area contributed by atoms with Crippen LogP contribution in [0.5, 0.6) is 0 Å². The van der Waals surface area contributed by atoms with Crippen LogP contribution in [0, 0.1) is 6.92 Å². The Kier molecular flexibility index (Phi) is 4.84. The van der Waals surface area contributed by atoms with Crippen LogP contribution in [0.1, 0.15) is 15.9 Å². The third-order valence-corrected chi connectivity index (χ3v) is 3.53. The lowest BCUT2D eigenvalue weighted by atomic mass is 10.2. The van der Waals surface area contributed by atoms with Gasteiger partial charge < -0.3 is 15.4 Å². The highest BCUT2D eigenvalue weighted by Crippen LogP contribution is 2.19. The molecule has 0 spiro atoms. The predicted octanol–water partition coefficient (Wildman–Crippen LogP) is 3.45. The van der Waals surface area contributed by atoms with Crippen LogP contribution in [-0.2, 0) is 4.74 Å². The van der Waals surface area contributed by atoms with Crippen LogP contribution in [-0.4, -0.2) is 28.3 Å². The fourth-order valence-electron chi connectivity index (χ4n) is 2.21. The highest BCUT2D eigenvalue weighted by molar-refractivity contribution is 5.89. The zero-order valence-corrected chi connectivity index (χ0v) is 13.9. The molecule has 0 atom stereocenters. The van der Waals surface area contributed by atoms with Crippen molar-refractivity contribution in [3.8, 4) is 0 Å². The summed E-state index contributed by atoms with van der Waals surface area (Å²) in [5.74, 6) is 0.558. The maximum absolute atomic E-state index is 11.4. The number of aromatic nitrogens is 3.